The van der Waals surface area contributed by atoms with E-state index < -0.39 is 0 Å². The Morgan fingerprint density at radius 2 is 1.69 bits per heavy atom. The van der Waals surface area contributed by atoms with Crippen LogP contribution in [0.5, 0.6) is 0 Å². The van der Waals surface area contributed by atoms with Crippen LogP contribution >= 0.6 is 12.4 Å². The number of anilines is 2. The van der Waals surface area contributed by atoms with Gasteiger partial charge in [0.1, 0.15) is 5.82 Å². The van der Waals surface area contributed by atoms with E-state index >= 15 is 0 Å². The molecule has 1 heterocycles. The van der Waals surface area contributed by atoms with Gasteiger partial charge in [-0.05, 0) is 73.8 Å². The van der Waals surface area contributed by atoms with Crippen molar-refractivity contribution in [3.05, 3.63) is 18.3 Å². The molecule has 142 valence electrons. The number of nitrogens with one attached hydrogen (secondary N) is 2. The van der Waals surface area contributed by atoms with Crippen LogP contribution in [0.3, 0.4) is 0 Å². The quantitative estimate of drug-likeness (QED) is 0.733. The molecule has 0 unspecified atom stereocenters. The third-order valence-corrected chi connectivity index (χ3v) is 6.22. The van der Waals surface area contributed by atoms with Gasteiger partial charge < -0.3 is 16.4 Å². The van der Waals surface area contributed by atoms with Gasteiger partial charge in [0.05, 0.1) is 18.4 Å². The summed E-state index contributed by atoms with van der Waals surface area (Å²) in [4.78, 5) is 28.3. The Kier molecular flexibility index (Phi) is 5.42. The first-order chi connectivity index (χ1) is 12.0. The minimum Gasteiger partial charge on any atom is -0.384 e. The zero-order valence-electron chi connectivity index (χ0n) is 14.9. The highest BCUT2D eigenvalue weighted by Crippen LogP contribution is 2.61. The minimum absolute atomic E-state index is 0. The maximum absolute atomic E-state index is 12.4. The van der Waals surface area contributed by atoms with Crippen molar-refractivity contribution in [3.63, 3.8) is 0 Å². The fourth-order valence-electron chi connectivity index (χ4n) is 5.77. The van der Waals surface area contributed by atoms with E-state index in [1.165, 1.54) is 44.7 Å². The molecule has 5 rings (SSSR count). The molecule has 0 aliphatic heterocycles. The predicted octanol–water partition coefficient (Wildman–Crippen LogP) is 2.75. The van der Waals surface area contributed by atoms with Crippen molar-refractivity contribution < 1.29 is 9.59 Å². The number of nitrogens with zero attached hydrogens (tertiary/aromatic N) is 1. The van der Waals surface area contributed by atoms with Crippen LogP contribution in [0.4, 0.5) is 11.5 Å². The summed E-state index contributed by atoms with van der Waals surface area (Å²) in [6, 6.07) is 3.32. The summed E-state index contributed by atoms with van der Waals surface area (Å²) in [7, 11) is 0. The van der Waals surface area contributed by atoms with Gasteiger partial charge in [0.2, 0.25) is 11.8 Å². The van der Waals surface area contributed by atoms with Crippen LogP contribution in [0.15, 0.2) is 18.3 Å². The third kappa shape index (κ3) is 4.11. The van der Waals surface area contributed by atoms with Crippen LogP contribution < -0.4 is 16.4 Å². The summed E-state index contributed by atoms with van der Waals surface area (Å²) in [5, 5.41) is 5.51. The van der Waals surface area contributed by atoms with Crippen molar-refractivity contribution in [2.45, 2.75) is 44.9 Å². The van der Waals surface area contributed by atoms with Gasteiger partial charge in [-0.25, -0.2) is 4.98 Å². The highest BCUT2D eigenvalue weighted by atomic mass is 35.5. The lowest BCUT2D eigenvalue weighted by Gasteiger charge is -2.56. The average molecular weight is 379 g/mol. The summed E-state index contributed by atoms with van der Waals surface area (Å²) < 4.78 is 0. The Hall–Kier alpha value is -1.82. The molecule has 0 spiro atoms. The Morgan fingerprint density at radius 1 is 1.08 bits per heavy atom. The van der Waals surface area contributed by atoms with Crippen LogP contribution in [-0.2, 0) is 9.59 Å². The number of rotatable bonds is 5. The number of pyridine rings is 1. The van der Waals surface area contributed by atoms with E-state index in [0.29, 0.717) is 17.9 Å². The molecule has 4 aliphatic carbocycles. The summed E-state index contributed by atoms with van der Waals surface area (Å²) in [6.45, 7) is -0.00439. The maximum atomic E-state index is 12.4. The fourth-order valence-corrected chi connectivity index (χ4v) is 5.77. The zero-order valence-corrected chi connectivity index (χ0v) is 15.7. The smallest absolute Gasteiger partial charge is 0.243 e. The lowest BCUT2D eigenvalue weighted by Crippen LogP contribution is -2.48. The van der Waals surface area contributed by atoms with Gasteiger partial charge in [-0.1, -0.05) is 0 Å². The molecule has 4 saturated carbocycles. The second kappa shape index (κ2) is 7.43. The van der Waals surface area contributed by atoms with Gasteiger partial charge in [-0.2, -0.15) is 0 Å². The lowest BCUT2D eigenvalue weighted by atomic mass is 9.49. The molecule has 0 aromatic carbocycles. The monoisotopic (exact) mass is 378 g/mol. The Morgan fingerprint density at radius 3 is 2.23 bits per heavy atom. The lowest BCUT2D eigenvalue weighted by molar-refractivity contribution is -0.131. The molecule has 4 aliphatic rings. The van der Waals surface area contributed by atoms with Crippen LogP contribution in [0.2, 0.25) is 0 Å². The molecule has 4 fully saturated rings. The van der Waals surface area contributed by atoms with Crippen LogP contribution in [0.25, 0.3) is 0 Å². The first-order valence-electron chi connectivity index (χ1n) is 9.28. The van der Waals surface area contributed by atoms with Gasteiger partial charge in [0, 0.05) is 6.42 Å². The molecule has 26 heavy (non-hydrogen) atoms. The highest BCUT2D eigenvalue weighted by Gasteiger charge is 2.51. The van der Waals surface area contributed by atoms with Crippen molar-refractivity contribution in [1.29, 1.82) is 0 Å². The molecule has 1 aromatic rings. The fraction of sp³-hybridized carbons (Fsp3) is 0.632. The molecule has 2 amide bonds. The van der Waals surface area contributed by atoms with Crippen LogP contribution in [0, 0.1) is 23.2 Å². The molecule has 4 bridgehead atoms. The molecule has 0 atom stereocenters. The number of carbonyl (C=O) groups excluding carboxylic acids is 2. The SMILES string of the molecule is Cl.Nc1ccc(NC(=O)CNC(=O)CC23CC4CC(CC(C4)C2)C3)cn1. The Bertz CT molecular complexity index is 641. The first kappa shape index (κ1) is 19.0. The summed E-state index contributed by atoms with van der Waals surface area (Å²) in [6.07, 6.45) is 9.82. The Labute approximate surface area is 160 Å². The standard InChI is InChI=1S/C19H26N4O2.ClH/c20-16-2-1-15(10-21-16)23-18(25)11-22-17(24)9-19-6-12-3-13(7-19)5-14(4-12)8-19;/h1-2,10,12-14H,3-9,11H2,(H2,20,21)(H,22,24)(H,23,25);1H. The number of carbonyl (C=O) groups is 2. The summed E-state index contributed by atoms with van der Waals surface area (Å²) in [5.74, 6) is 2.67. The summed E-state index contributed by atoms with van der Waals surface area (Å²) >= 11 is 0. The van der Waals surface area contributed by atoms with E-state index in [2.05, 4.69) is 15.6 Å². The molecule has 6 nitrogen and oxygen atoms in total. The predicted molar refractivity (Wildman–Crippen MR) is 103 cm³/mol. The molecule has 0 saturated heterocycles. The van der Waals surface area contributed by atoms with Crippen molar-refractivity contribution in [3.8, 4) is 0 Å². The first-order valence-corrected chi connectivity index (χ1v) is 9.28. The average Bonchev–Trinajstić information content (AvgIpc) is 2.53. The normalized spacial score (nSPS) is 31.2. The number of hydrogen-bond acceptors (Lipinski definition) is 4. The number of amides is 2. The van der Waals surface area contributed by atoms with Gasteiger partial charge >= 0.3 is 0 Å². The second-order valence-electron chi connectivity index (χ2n) is 8.39. The van der Waals surface area contributed by atoms with Gasteiger partial charge in [-0.3, -0.25) is 9.59 Å². The highest BCUT2D eigenvalue weighted by molar-refractivity contribution is 5.94. The van der Waals surface area contributed by atoms with Crippen molar-refractivity contribution in [1.82, 2.24) is 10.3 Å². The number of hydrogen-bond donors (Lipinski definition) is 3. The minimum atomic E-state index is -0.245. The molecule has 0 radical (unpaired) electrons. The van der Waals surface area contributed by atoms with E-state index in [1.54, 1.807) is 12.1 Å². The molecule has 1 aromatic heterocycles. The van der Waals surface area contributed by atoms with Crippen LogP contribution in [0.1, 0.15) is 44.9 Å². The topological polar surface area (TPSA) is 97.1 Å². The van der Waals surface area contributed by atoms with E-state index in [0.717, 1.165) is 17.8 Å². The largest absolute Gasteiger partial charge is 0.384 e. The van der Waals surface area contributed by atoms with Crippen LogP contribution in [-0.4, -0.2) is 23.3 Å². The molecular weight excluding hydrogens is 352 g/mol. The number of nitrogen functional groups attached to an aromatic ring is 1. The number of halogens is 1. The third-order valence-electron chi connectivity index (χ3n) is 6.22. The van der Waals surface area contributed by atoms with E-state index in [1.807, 2.05) is 0 Å². The maximum Gasteiger partial charge on any atom is 0.243 e. The van der Waals surface area contributed by atoms with Crippen molar-refractivity contribution in [2.24, 2.45) is 23.2 Å². The summed E-state index contributed by atoms with van der Waals surface area (Å²) in [5.41, 5.74) is 6.30. The van der Waals surface area contributed by atoms with Gasteiger partial charge in [0.25, 0.3) is 0 Å². The molecule has 7 heteroatoms. The number of nitrogens with two attached hydrogens (primary N) is 1. The zero-order chi connectivity index (χ0) is 17.4. The number of aromatic nitrogens is 1. The second-order valence-corrected chi connectivity index (χ2v) is 8.39. The van der Waals surface area contributed by atoms with E-state index in [4.69, 9.17) is 5.73 Å². The van der Waals surface area contributed by atoms with Crippen molar-refractivity contribution in [2.75, 3.05) is 17.6 Å². The van der Waals surface area contributed by atoms with Gasteiger partial charge in [-0.15, -0.1) is 12.4 Å². The van der Waals surface area contributed by atoms with Gasteiger partial charge in [0.15, 0.2) is 0 Å². The molecular formula is C19H27ClN4O2. The van der Waals surface area contributed by atoms with E-state index in [9.17, 15) is 9.59 Å². The Balaban J connectivity index is 0.00000196. The van der Waals surface area contributed by atoms with Crippen molar-refractivity contribution >= 4 is 35.7 Å². The van der Waals surface area contributed by atoms with E-state index in [-0.39, 0.29) is 36.2 Å². The molecule has 4 N–H and O–H groups in total.